The van der Waals surface area contributed by atoms with Crippen LogP contribution in [0.3, 0.4) is 0 Å². The number of imidazole rings is 1. The number of nitrogens with one attached hydrogen (secondary N) is 1. The topological polar surface area (TPSA) is 97.9 Å². The lowest BCUT2D eigenvalue weighted by atomic mass is 9.90. The quantitative estimate of drug-likeness (QED) is 0.710. The fourth-order valence-corrected chi connectivity index (χ4v) is 3.58. The molecule has 3 unspecified atom stereocenters. The van der Waals surface area contributed by atoms with Crippen molar-refractivity contribution in [1.82, 2.24) is 9.55 Å². The van der Waals surface area contributed by atoms with Crippen molar-refractivity contribution in [2.75, 3.05) is 12.4 Å². The summed E-state index contributed by atoms with van der Waals surface area (Å²) in [5.74, 6) is -0.581. The number of rotatable bonds is 7. The smallest absolute Gasteiger partial charge is 0.339 e. The van der Waals surface area contributed by atoms with E-state index in [1.807, 2.05) is 17.7 Å². The maximum Gasteiger partial charge on any atom is 0.339 e. The first kappa shape index (κ1) is 20.7. The zero-order valence-electron chi connectivity index (χ0n) is 17.0. The predicted octanol–water partition coefficient (Wildman–Crippen LogP) is 4.15. The second-order valence-electron chi connectivity index (χ2n) is 7.29. The molecule has 1 aliphatic rings. The highest BCUT2D eigenvalue weighted by molar-refractivity contribution is 6.02. The minimum Gasteiger partial charge on any atom is -0.465 e. The van der Waals surface area contributed by atoms with Crippen molar-refractivity contribution in [1.29, 1.82) is 0 Å². The molecule has 0 saturated heterocycles. The average Bonchev–Trinajstić information content (AvgIpc) is 3.17. The molecule has 8 nitrogen and oxygen atoms in total. The summed E-state index contributed by atoms with van der Waals surface area (Å²) >= 11 is 0. The number of aryl methyl sites for hydroxylation is 1. The zero-order valence-corrected chi connectivity index (χ0v) is 17.0. The summed E-state index contributed by atoms with van der Waals surface area (Å²) in [4.78, 5) is 29.1. The normalized spacial score (nSPS) is 21.0. The third-order valence-electron chi connectivity index (χ3n) is 5.13. The van der Waals surface area contributed by atoms with Gasteiger partial charge in [0.05, 0.1) is 30.4 Å². The molecular formula is C21H27N5O3. The van der Waals surface area contributed by atoms with Crippen LogP contribution in [0.15, 0.2) is 47.0 Å². The van der Waals surface area contributed by atoms with Gasteiger partial charge in [-0.15, -0.1) is 0 Å². The Bertz CT molecular complexity index is 892. The summed E-state index contributed by atoms with van der Waals surface area (Å²) in [6.07, 6.45) is 7.27. The van der Waals surface area contributed by atoms with E-state index in [9.17, 15) is 9.59 Å². The van der Waals surface area contributed by atoms with E-state index >= 15 is 0 Å². The number of benzene rings is 1. The molecule has 3 atom stereocenters. The second-order valence-corrected chi connectivity index (χ2v) is 7.29. The third-order valence-corrected chi connectivity index (χ3v) is 5.13. The fraction of sp³-hybridized carbons (Fsp3) is 0.476. The average molecular weight is 397 g/mol. The number of anilines is 1. The standard InChI is InChI=1S/C21H27N5O3/c1-4-5-8-15-11-18(24-25-19(15)26-12-14(2)22-13-26)20(27)23-17-10-7-6-9-16(17)21(28)29-3/h6-7,9-10,12-13,15,18-19H,4-5,8,11H2,1-3H3,(H,23,27). The molecule has 0 fully saturated rings. The molecule has 2 aromatic rings. The van der Waals surface area contributed by atoms with Gasteiger partial charge in [-0.25, -0.2) is 9.78 Å². The zero-order chi connectivity index (χ0) is 20.8. The summed E-state index contributed by atoms with van der Waals surface area (Å²) < 4.78 is 6.76. The van der Waals surface area contributed by atoms with Crippen molar-refractivity contribution in [3.63, 3.8) is 0 Å². The van der Waals surface area contributed by atoms with E-state index in [1.165, 1.54) is 7.11 Å². The molecule has 0 radical (unpaired) electrons. The summed E-state index contributed by atoms with van der Waals surface area (Å²) in [5, 5.41) is 11.6. The number of aromatic nitrogens is 2. The second kappa shape index (κ2) is 9.45. The molecule has 3 rings (SSSR count). The van der Waals surface area contributed by atoms with Gasteiger partial charge >= 0.3 is 5.97 Å². The van der Waals surface area contributed by atoms with Crippen molar-refractivity contribution >= 4 is 17.6 Å². The number of nitrogens with zero attached hydrogens (tertiary/aromatic N) is 4. The molecule has 0 saturated carbocycles. The molecule has 154 valence electrons. The van der Waals surface area contributed by atoms with Crippen molar-refractivity contribution in [2.45, 2.75) is 51.7 Å². The molecule has 8 heteroatoms. The Morgan fingerprint density at radius 1 is 1.28 bits per heavy atom. The highest BCUT2D eigenvalue weighted by Crippen LogP contribution is 2.34. The van der Waals surface area contributed by atoms with Gasteiger partial charge < -0.3 is 14.6 Å². The van der Waals surface area contributed by atoms with Gasteiger partial charge in [-0.1, -0.05) is 31.9 Å². The molecular weight excluding hydrogens is 370 g/mol. The summed E-state index contributed by atoms with van der Waals surface area (Å²) in [6.45, 7) is 4.08. The number of hydrogen-bond donors (Lipinski definition) is 1. The number of amides is 1. The van der Waals surface area contributed by atoms with E-state index in [0.29, 0.717) is 17.7 Å². The number of carbonyl (C=O) groups is 2. The first-order valence-corrected chi connectivity index (χ1v) is 9.91. The molecule has 1 amide bonds. The number of para-hydroxylation sites is 1. The Morgan fingerprint density at radius 3 is 2.76 bits per heavy atom. The minimum absolute atomic E-state index is 0.144. The van der Waals surface area contributed by atoms with Gasteiger partial charge in [-0.2, -0.15) is 10.2 Å². The van der Waals surface area contributed by atoms with Crippen molar-refractivity contribution in [3.05, 3.63) is 48.0 Å². The van der Waals surface area contributed by atoms with E-state index in [1.54, 1.807) is 30.6 Å². The maximum absolute atomic E-state index is 12.9. The van der Waals surface area contributed by atoms with E-state index in [2.05, 4.69) is 27.5 Å². The first-order chi connectivity index (χ1) is 14.0. The number of unbranched alkanes of at least 4 members (excludes halogenated alkanes) is 1. The Morgan fingerprint density at radius 2 is 2.07 bits per heavy atom. The van der Waals surface area contributed by atoms with Crippen molar-refractivity contribution in [3.8, 4) is 0 Å². The van der Waals surface area contributed by atoms with E-state index in [4.69, 9.17) is 4.74 Å². The third kappa shape index (κ3) is 4.88. The molecule has 1 aromatic carbocycles. The molecule has 1 N–H and O–H groups in total. The van der Waals surface area contributed by atoms with Gasteiger partial charge in [0.25, 0.3) is 5.91 Å². The van der Waals surface area contributed by atoms with Crippen LogP contribution in [0.25, 0.3) is 0 Å². The SMILES string of the molecule is CCCCC1CC(C(=O)Nc2ccccc2C(=O)OC)N=NC1n1cnc(C)c1. The predicted molar refractivity (Wildman–Crippen MR) is 109 cm³/mol. The summed E-state index contributed by atoms with van der Waals surface area (Å²) in [6, 6.07) is 6.18. The van der Waals surface area contributed by atoms with Gasteiger partial charge in [0, 0.05) is 12.1 Å². The Balaban J connectivity index is 1.77. The van der Waals surface area contributed by atoms with Crippen LogP contribution >= 0.6 is 0 Å². The van der Waals surface area contributed by atoms with E-state index < -0.39 is 12.0 Å². The van der Waals surface area contributed by atoms with Gasteiger partial charge in [0.1, 0.15) is 12.2 Å². The molecule has 29 heavy (non-hydrogen) atoms. The van der Waals surface area contributed by atoms with Crippen LogP contribution in [-0.2, 0) is 9.53 Å². The highest BCUT2D eigenvalue weighted by Gasteiger charge is 2.33. The molecule has 0 aliphatic carbocycles. The maximum atomic E-state index is 12.9. The number of methoxy groups -OCH3 is 1. The molecule has 1 aliphatic heterocycles. The van der Waals surface area contributed by atoms with E-state index in [0.717, 1.165) is 25.0 Å². The van der Waals surface area contributed by atoms with Crippen LogP contribution in [0.4, 0.5) is 5.69 Å². The number of hydrogen-bond acceptors (Lipinski definition) is 6. The molecule has 2 heterocycles. The lowest BCUT2D eigenvalue weighted by Gasteiger charge is -2.30. The van der Waals surface area contributed by atoms with E-state index in [-0.39, 0.29) is 18.0 Å². The van der Waals surface area contributed by atoms with Crippen LogP contribution < -0.4 is 5.32 Å². The van der Waals surface area contributed by atoms with Crippen LogP contribution in [0.1, 0.15) is 54.8 Å². The van der Waals surface area contributed by atoms with Crippen molar-refractivity contribution in [2.24, 2.45) is 16.1 Å². The van der Waals surface area contributed by atoms with Crippen LogP contribution in [0.2, 0.25) is 0 Å². The largest absolute Gasteiger partial charge is 0.465 e. The van der Waals surface area contributed by atoms with Crippen LogP contribution in [0.5, 0.6) is 0 Å². The Kier molecular flexibility index (Phi) is 6.74. The molecule has 1 aromatic heterocycles. The highest BCUT2D eigenvalue weighted by atomic mass is 16.5. The van der Waals surface area contributed by atoms with Gasteiger partial charge in [0.15, 0.2) is 0 Å². The number of carbonyl (C=O) groups excluding carboxylic acids is 2. The minimum atomic E-state index is -0.594. The lowest BCUT2D eigenvalue weighted by Crippen LogP contribution is -2.34. The molecule has 0 spiro atoms. The van der Waals surface area contributed by atoms with Gasteiger partial charge in [0.2, 0.25) is 0 Å². The number of ether oxygens (including phenoxy) is 1. The first-order valence-electron chi connectivity index (χ1n) is 9.91. The van der Waals surface area contributed by atoms with Gasteiger partial charge in [-0.05, 0) is 31.9 Å². The Hall–Kier alpha value is -3.03. The van der Waals surface area contributed by atoms with Crippen LogP contribution in [-0.4, -0.2) is 34.6 Å². The van der Waals surface area contributed by atoms with Crippen molar-refractivity contribution < 1.29 is 14.3 Å². The molecule has 0 bridgehead atoms. The number of azo groups is 1. The Labute approximate surface area is 170 Å². The summed E-state index contributed by atoms with van der Waals surface area (Å²) in [5.41, 5.74) is 1.65. The fourth-order valence-electron chi connectivity index (χ4n) is 3.58. The lowest BCUT2D eigenvalue weighted by molar-refractivity contribution is -0.118. The van der Waals surface area contributed by atoms with Crippen LogP contribution in [0, 0.1) is 12.8 Å². The summed E-state index contributed by atoms with van der Waals surface area (Å²) in [7, 11) is 1.31. The van der Waals surface area contributed by atoms with Gasteiger partial charge in [-0.3, -0.25) is 4.79 Å². The monoisotopic (exact) mass is 397 g/mol. The number of esters is 1.